The van der Waals surface area contributed by atoms with Gasteiger partial charge in [-0.25, -0.2) is 19.2 Å². The van der Waals surface area contributed by atoms with E-state index in [-0.39, 0.29) is 27.9 Å². The Labute approximate surface area is 118 Å². The maximum atomic E-state index is 13.9. The Bertz CT molecular complexity index is 666. The average molecular weight is 297 g/mol. The van der Waals surface area contributed by atoms with Crippen LogP contribution in [0.3, 0.4) is 0 Å². The lowest BCUT2D eigenvalue weighted by molar-refractivity contribution is 0.0600. The summed E-state index contributed by atoms with van der Waals surface area (Å²) in [5.74, 6) is -1.10. The standard InChI is InChI=1S/C12H10ClFN4O2/c1-20-12(19)6-2-3-8(7(14)4-6)18-11-9(15)10(13)16-5-17-11/h2-5H,15H2,1H3,(H,16,17,18). The molecule has 0 aliphatic carbocycles. The van der Waals surface area contributed by atoms with Gasteiger partial charge in [-0.2, -0.15) is 0 Å². The smallest absolute Gasteiger partial charge is 0.337 e. The molecule has 1 aromatic carbocycles. The molecule has 20 heavy (non-hydrogen) atoms. The van der Waals surface area contributed by atoms with Crippen molar-refractivity contribution in [1.29, 1.82) is 0 Å². The summed E-state index contributed by atoms with van der Waals surface area (Å²) < 4.78 is 18.4. The summed E-state index contributed by atoms with van der Waals surface area (Å²) in [5.41, 5.74) is 5.96. The molecule has 0 aliphatic rings. The first-order chi connectivity index (χ1) is 9.52. The Hall–Kier alpha value is -2.41. The largest absolute Gasteiger partial charge is 0.465 e. The fourth-order valence-corrected chi connectivity index (χ4v) is 1.60. The number of nitrogens with one attached hydrogen (secondary N) is 1. The van der Waals surface area contributed by atoms with Crippen molar-refractivity contribution in [1.82, 2.24) is 9.97 Å². The van der Waals surface area contributed by atoms with Crippen LogP contribution in [0, 0.1) is 5.82 Å². The minimum atomic E-state index is -0.651. The third-order valence-electron chi connectivity index (χ3n) is 2.48. The van der Waals surface area contributed by atoms with E-state index < -0.39 is 11.8 Å². The molecule has 0 bridgehead atoms. The van der Waals surface area contributed by atoms with E-state index >= 15 is 0 Å². The van der Waals surface area contributed by atoms with Crippen LogP contribution in [0.5, 0.6) is 0 Å². The maximum absolute atomic E-state index is 13.9. The van der Waals surface area contributed by atoms with Gasteiger partial charge in [0.25, 0.3) is 0 Å². The van der Waals surface area contributed by atoms with Gasteiger partial charge in [0.2, 0.25) is 0 Å². The number of carbonyl (C=O) groups excluding carboxylic acids is 1. The second kappa shape index (κ2) is 5.70. The van der Waals surface area contributed by atoms with Crippen LogP contribution in [-0.4, -0.2) is 23.0 Å². The number of carbonyl (C=O) groups is 1. The number of nitrogens with zero attached hydrogens (tertiary/aromatic N) is 2. The first kappa shape index (κ1) is 14.0. The number of methoxy groups -OCH3 is 1. The fraction of sp³-hybridized carbons (Fsp3) is 0.0833. The van der Waals surface area contributed by atoms with Crippen LogP contribution < -0.4 is 11.1 Å². The van der Waals surface area contributed by atoms with E-state index in [9.17, 15) is 9.18 Å². The summed E-state index contributed by atoms with van der Waals surface area (Å²) in [6.45, 7) is 0. The SMILES string of the molecule is COC(=O)c1ccc(Nc2ncnc(Cl)c2N)c(F)c1. The van der Waals surface area contributed by atoms with Gasteiger partial charge in [0.1, 0.15) is 17.8 Å². The van der Waals surface area contributed by atoms with Crippen LogP contribution in [0.4, 0.5) is 21.6 Å². The minimum absolute atomic E-state index is 0.0640. The lowest BCUT2D eigenvalue weighted by Gasteiger charge is -2.10. The van der Waals surface area contributed by atoms with Gasteiger partial charge in [-0.3, -0.25) is 0 Å². The van der Waals surface area contributed by atoms with E-state index in [0.717, 1.165) is 6.07 Å². The molecule has 6 nitrogen and oxygen atoms in total. The van der Waals surface area contributed by atoms with Crippen LogP contribution >= 0.6 is 11.6 Å². The highest BCUT2D eigenvalue weighted by Crippen LogP contribution is 2.27. The van der Waals surface area contributed by atoms with Crippen LogP contribution in [0.2, 0.25) is 5.15 Å². The Morgan fingerprint density at radius 1 is 1.45 bits per heavy atom. The number of rotatable bonds is 3. The molecule has 8 heteroatoms. The summed E-state index contributed by atoms with van der Waals surface area (Å²) in [7, 11) is 1.22. The lowest BCUT2D eigenvalue weighted by Crippen LogP contribution is -2.05. The van der Waals surface area contributed by atoms with Crippen molar-refractivity contribution in [3.8, 4) is 0 Å². The fourth-order valence-electron chi connectivity index (χ4n) is 1.46. The van der Waals surface area contributed by atoms with E-state index in [1.807, 2.05) is 0 Å². The highest BCUT2D eigenvalue weighted by Gasteiger charge is 2.12. The number of hydrogen-bond donors (Lipinski definition) is 2. The van der Waals surface area contributed by atoms with Gasteiger partial charge in [-0.15, -0.1) is 0 Å². The molecule has 0 amide bonds. The molecular weight excluding hydrogens is 287 g/mol. The molecule has 1 aromatic heterocycles. The molecule has 0 radical (unpaired) electrons. The minimum Gasteiger partial charge on any atom is -0.465 e. The number of hydrogen-bond acceptors (Lipinski definition) is 6. The van der Waals surface area contributed by atoms with Crippen LogP contribution in [-0.2, 0) is 4.74 Å². The van der Waals surface area contributed by atoms with Crippen molar-refractivity contribution in [3.63, 3.8) is 0 Å². The van der Waals surface area contributed by atoms with Crippen molar-refractivity contribution in [2.75, 3.05) is 18.2 Å². The molecule has 0 spiro atoms. The molecule has 0 unspecified atom stereocenters. The Balaban J connectivity index is 2.30. The maximum Gasteiger partial charge on any atom is 0.337 e. The summed E-state index contributed by atoms with van der Waals surface area (Å²) in [4.78, 5) is 18.8. The number of esters is 1. The normalized spacial score (nSPS) is 10.2. The predicted molar refractivity (Wildman–Crippen MR) is 72.5 cm³/mol. The van der Waals surface area contributed by atoms with E-state index in [0.29, 0.717) is 0 Å². The number of aromatic nitrogens is 2. The van der Waals surface area contributed by atoms with Crippen molar-refractivity contribution in [3.05, 3.63) is 41.1 Å². The Kier molecular flexibility index (Phi) is 3.99. The highest BCUT2D eigenvalue weighted by atomic mass is 35.5. The number of halogens is 2. The highest BCUT2D eigenvalue weighted by molar-refractivity contribution is 6.32. The van der Waals surface area contributed by atoms with E-state index in [2.05, 4.69) is 20.0 Å². The molecule has 0 atom stereocenters. The van der Waals surface area contributed by atoms with Gasteiger partial charge in [0.05, 0.1) is 18.4 Å². The monoisotopic (exact) mass is 296 g/mol. The summed E-state index contributed by atoms with van der Waals surface area (Å²) in [5, 5.41) is 2.74. The van der Waals surface area contributed by atoms with Crippen LogP contribution in [0.25, 0.3) is 0 Å². The lowest BCUT2D eigenvalue weighted by atomic mass is 10.2. The molecule has 3 N–H and O–H groups in total. The third kappa shape index (κ3) is 2.77. The van der Waals surface area contributed by atoms with Gasteiger partial charge in [-0.1, -0.05) is 11.6 Å². The molecule has 2 rings (SSSR count). The topological polar surface area (TPSA) is 90.1 Å². The number of ether oxygens (including phenoxy) is 1. The van der Waals surface area contributed by atoms with E-state index in [1.165, 1.54) is 25.6 Å². The number of anilines is 3. The Morgan fingerprint density at radius 3 is 2.85 bits per heavy atom. The Morgan fingerprint density at radius 2 is 2.20 bits per heavy atom. The molecule has 0 saturated heterocycles. The van der Waals surface area contributed by atoms with Gasteiger partial charge in [0, 0.05) is 0 Å². The summed E-state index contributed by atoms with van der Waals surface area (Å²) in [6.07, 6.45) is 1.20. The molecular formula is C12H10ClFN4O2. The number of nitrogens with two attached hydrogens (primary N) is 1. The second-order valence-corrected chi connectivity index (χ2v) is 4.10. The second-order valence-electron chi connectivity index (χ2n) is 3.74. The number of nitrogen functional groups attached to an aromatic ring is 1. The molecule has 0 aliphatic heterocycles. The average Bonchev–Trinajstić information content (AvgIpc) is 2.45. The van der Waals surface area contributed by atoms with Gasteiger partial charge < -0.3 is 15.8 Å². The van der Waals surface area contributed by atoms with Crippen molar-refractivity contribution in [2.24, 2.45) is 0 Å². The first-order valence-electron chi connectivity index (χ1n) is 5.43. The molecule has 2 aromatic rings. The van der Waals surface area contributed by atoms with Crippen molar-refractivity contribution in [2.45, 2.75) is 0 Å². The van der Waals surface area contributed by atoms with Crippen molar-refractivity contribution >= 4 is 34.8 Å². The summed E-state index contributed by atoms with van der Waals surface area (Å²) in [6, 6.07) is 3.83. The van der Waals surface area contributed by atoms with Gasteiger partial charge >= 0.3 is 5.97 Å². The quantitative estimate of drug-likeness (QED) is 0.667. The van der Waals surface area contributed by atoms with E-state index in [4.69, 9.17) is 17.3 Å². The third-order valence-corrected chi connectivity index (χ3v) is 2.78. The first-order valence-corrected chi connectivity index (χ1v) is 5.81. The molecule has 0 saturated carbocycles. The molecule has 1 heterocycles. The predicted octanol–water partition coefficient (Wildman–Crippen LogP) is 2.38. The molecule has 0 fully saturated rings. The summed E-state index contributed by atoms with van der Waals surface area (Å²) >= 11 is 5.73. The zero-order valence-electron chi connectivity index (χ0n) is 10.4. The van der Waals surface area contributed by atoms with Crippen LogP contribution in [0.15, 0.2) is 24.5 Å². The van der Waals surface area contributed by atoms with Crippen molar-refractivity contribution < 1.29 is 13.9 Å². The molecule has 104 valence electrons. The zero-order chi connectivity index (χ0) is 14.7. The van der Waals surface area contributed by atoms with Gasteiger partial charge in [-0.05, 0) is 18.2 Å². The number of benzene rings is 1. The van der Waals surface area contributed by atoms with Crippen LogP contribution in [0.1, 0.15) is 10.4 Å². The zero-order valence-corrected chi connectivity index (χ0v) is 11.1. The van der Waals surface area contributed by atoms with E-state index in [1.54, 1.807) is 0 Å². The van der Waals surface area contributed by atoms with Gasteiger partial charge in [0.15, 0.2) is 11.0 Å².